The van der Waals surface area contributed by atoms with Gasteiger partial charge >= 0.3 is 0 Å². The van der Waals surface area contributed by atoms with E-state index in [2.05, 4.69) is 6.07 Å². The van der Waals surface area contributed by atoms with Gasteiger partial charge in [0.1, 0.15) is 30.8 Å². The van der Waals surface area contributed by atoms with Gasteiger partial charge in [0.25, 0.3) is 0 Å². The van der Waals surface area contributed by atoms with E-state index in [-0.39, 0.29) is 13.2 Å². The van der Waals surface area contributed by atoms with Crippen molar-refractivity contribution in [3.63, 3.8) is 0 Å². The van der Waals surface area contributed by atoms with Gasteiger partial charge in [-0.2, -0.15) is 5.26 Å². The average molecular weight is 283 g/mol. The van der Waals surface area contributed by atoms with Crippen molar-refractivity contribution in [1.82, 2.24) is 0 Å². The molecule has 0 aromatic heterocycles. The average Bonchev–Trinajstić information content (AvgIpc) is 2.53. The predicted molar refractivity (Wildman–Crippen MR) is 79.3 cm³/mol. The fourth-order valence-electron chi connectivity index (χ4n) is 1.77. The van der Waals surface area contributed by atoms with Crippen molar-refractivity contribution in [2.45, 2.75) is 13.0 Å². The third kappa shape index (κ3) is 4.51. The first-order valence-electron chi connectivity index (χ1n) is 6.68. The monoisotopic (exact) mass is 283 g/mol. The van der Waals surface area contributed by atoms with Crippen LogP contribution in [0, 0.1) is 18.3 Å². The highest BCUT2D eigenvalue weighted by Gasteiger charge is 2.08. The summed E-state index contributed by atoms with van der Waals surface area (Å²) < 4.78 is 11.0. The summed E-state index contributed by atoms with van der Waals surface area (Å²) in [5.41, 5.74) is 1.45. The predicted octanol–water partition coefficient (Wildman–Crippen LogP) is 2.69. The van der Waals surface area contributed by atoms with Crippen LogP contribution in [-0.4, -0.2) is 24.4 Å². The zero-order valence-electron chi connectivity index (χ0n) is 11.8. The Balaban J connectivity index is 1.84. The number of ether oxygens (including phenoxy) is 2. The number of hydrogen-bond donors (Lipinski definition) is 1. The normalized spacial score (nSPS) is 11.5. The van der Waals surface area contributed by atoms with Gasteiger partial charge in [0.15, 0.2) is 0 Å². The van der Waals surface area contributed by atoms with Crippen LogP contribution in [0.3, 0.4) is 0 Å². The molecule has 0 heterocycles. The number of nitrogens with zero attached hydrogens (tertiary/aromatic N) is 1. The van der Waals surface area contributed by atoms with Gasteiger partial charge in [0.2, 0.25) is 0 Å². The van der Waals surface area contributed by atoms with Crippen LogP contribution in [0.5, 0.6) is 11.5 Å². The summed E-state index contributed by atoms with van der Waals surface area (Å²) in [7, 11) is 0. The highest BCUT2D eigenvalue weighted by molar-refractivity contribution is 5.41. The Bertz CT molecular complexity index is 620. The summed E-state index contributed by atoms with van der Waals surface area (Å²) in [6.45, 7) is 2.16. The highest BCUT2D eigenvalue weighted by Crippen LogP contribution is 2.19. The van der Waals surface area contributed by atoms with Gasteiger partial charge in [0, 0.05) is 0 Å². The minimum absolute atomic E-state index is 0.114. The number of aliphatic hydroxyl groups is 1. The van der Waals surface area contributed by atoms with E-state index in [0.29, 0.717) is 17.1 Å². The molecule has 21 heavy (non-hydrogen) atoms. The minimum atomic E-state index is -0.740. The highest BCUT2D eigenvalue weighted by atomic mass is 16.5. The summed E-state index contributed by atoms with van der Waals surface area (Å²) in [5, 5.41) is 18.7. The number of benzene rings is 2. The van der Waals surface area contributed by atoms with Crippen LogP contribution >= 0.6 is 0 Å². The third-order valence-corrected chi connectivity index (χ3v) is 2.93. The Morgan fingerprint density at radius 1 is 1.10 bits per heavy atom. The molecule has 108 valence electrons. The molecule has 2 rings (SSSR count). The molecule has 0 aliphatic rings. The van der Waals surface area contributed by atoms with Crippen LogP contribution in [-0.2, 0) is 0 Å². The second-order valence-corrected chi connectivity index (χ2v) is 4.68. The van der Waals surface area contributed by atoms with Crippen LogP contribution in [0.1, 0.15) is 11.1 Å². The number of aliphatic hydroxyl groups excluding tert-OH is 1. The lowest BCUT2D eigenvalue weighted by Crippen LogP contribution is -2.25. The van der Waals surface area contributed by atoms with Crippen LogP contribution in [0.15, 0.2) is 48.5 Å². The largest absolute Gasteiger partial charge is 0.491 e. The zero-order valence-corrected chi connectivity index (χ0v) is 11.8. The second kappa shape index (κ2) is 7.32. The smallest absolute Gasteiger partial charge is 0.123 e. The molecule has 0 saturated carbocycles. The molecule has 0 amide bonds. The number of hydrogen-bond acceptors (Lipinski definition) is 4. The summed E-state index contributed by atoms with van der Waals surface area (Å²) in [5.74, 6) is 1.31. The van der Waals surface area contributed by atoms with E-state index < -0.39 is 6.10 Å². The second-order valence-electron chi connectivity index (χ2n) is 4.68. The first-order chi connectivity index (χ1) is 10.2. The van der Waals surface area contributed by atoms with Gasteiger partial charge in [-0.1, -0.05) is 24.3 Å². The van der Waals surface area contributed by atoms with Gasteiger partial charge in [-0.25, -0.2) is 0 Å². The molecular formula is C17H17NO3. The van der Waals surface area contributed by atoms with Gasteiger partial charge in [0.05, 0.1) is 11.6 Å². The molecular weight excluding hydrogens is 266 g/mol. The van der Waals surface area contributed by atoms with E-state index >= 15 is 0 Å². The first-order valence-corrected chi connectivity index (χ1v) is 6.68. The third-order valence-electron chi connectivity index (χ3n) is 2.93. The summed E-state index contributed by atoms with van der Waals surface area (Å²) in [4.78, 5) is 0. The number of nitriles is 1. The molecule has 4 nitrogen and oxygen atoms in total. The standard InChI is InChI=1S/C17H17NO3/c1-13-7-8-14(10-18)9-17(13)21-12-15(19)11-20-16-5-3-2-4-6-16/h2-9,15,19H,11-12H2,1H3. The minimum Gasteiger partial charge on any atom is -0.491 e. The lowest BCUT2D eigenvalue weighted by molar-refractivity contribution is 0.0624. The summed E-state index contributed by atoms with van der Waals surface area (Å²) in [6, 6.07) is 16.6. The van der Waals surface area contributed by atoms with Crippen molar-refractivity contribution < 1.29 is 14.6 Å². The molecule has 0 spiro atoms. The van der Waals surface area contributed by atoms with Crippen LogP contribution in [0.2, 0.25) is 0 Å². The van der Waals surface area contributed by atoms with Crippen LogP contribution < -0.4 is 9.47 Å². The van der Waals surface area contributed by atoms with E-state index in [1.165, 1.54) is 0 Å². The SMILES string of the molecule is Cc1ccc(C#N)cc1OCC(O)COc1ccccc1. The van der Waals surface area contributed by atoms with Crippen molar-refractivity contribution in [3.05, 3.63) is 59.7 Å². The van der Waals surface area contributed by atoms with E-state index in [1.54, 1.807) is 12.1 Å². The maximum atomic E-state index is 9.87. The zero-order chi connectivity index (χ0) is 15.1. The Hall–Kier alpha value is -2.51. The maximum Gasteiger partial charge on any atom is 0.123 e. The Kier molecular flexibility index (Phi) is 5.19. The topological polar surface area (TPSA) is 62.5 Å². The molecule has 1 N–H and O–H groups in total. The fourth-order valence-corrected chi connectivity index (χ4v) is 1.77. The Labute approximate surface area is 124 Å². The molecule has 0 radical (unpaired) electrons. The molecule has 2 aromatic carbocycles. The molecule has 0 bridgehead atoms. The van der Waals surface area contributed by atoms with Crippen molar-refractivity contribution in [1.29, 1.82) is 5.26 Å². The Morgan fingerprint density at radius 3 is 2.52 bits per heavy atom. The fraction of sp³-hybridized carbons (Fsp3) is 0.235. The van der Waals surface area contributed by atoms with E-state index in [9.17, 15) is 5.11 Å². The molecule has 2 aromatic rings. The lowest BCUT2D eigenvalue weighted by atomic mass is 10.1. The molecule has 1 atom stereocenters. The van der Waals surface area contributed by atoms with E-state index in [0.717, 1.165) is 5.56 Å². The molecule has 4 heteroatoms. The van der Waals surface area contributed by atoms with Crippen molar-refractivity contribution >= 4 is 0 Å². The molecule has 0 aliphatic carbocycles. The maximum absolute atomic E-state index is 9.87. The number of para-hydroxylation sites is 1. The van der Waals surface area contributed by atoms with Crippen molar-refractivity contribution in [2.75, 3.05) is 13.2 Å². The van der Waals surface area contributed by atoms with Gasteiger partial charge in [-0.15, -0.1) is 0 Å². The molecule has 0 fully saturated rings. The van der Waals surface area contributed by atoms with Gasteiger partial charge < -0.3 is 14.6 Å². The molecule has 1 unspecified atom stereocenters. The number of aryl methyl sites for hydroxylation is 1. The van der Waals surface area contributed by atoms with Gasteiger partial charge in [-0.05, 0) is 36.8 Å². The summed E-state index contributed by atoms with van der Waals surface area (Å²) >= 11 is 0. The lowest BCUT2D eigenvalue weighted by Gasteiger charge is -2.15. The first kappa shape index (κ1) is 14.9. The quantitative estimate of drug-likeness (QED) is 0.885. The Morgan fingerprint density at radius 2 is 1.81 bits per heavy atom. The molecule has 0 saturated heterocycles. The molecule has 0 aliphatic heterocycles. The van der Waals surface area contributed by atoms with Crippen LogP contribution in [0.4, 0.5) is 0 Å². The summed E-state index contributed by atoms with van der Waals surface area (Å²) in [6.07, 6.45) is -0.740. The van der Waals surface area contributed by atoms with Crippen molar-refractivity contribution in [3.8, 4) is 17.6 Å². The van der Waals surface area contributed by atoms with E-state index in [4.69, 9.17) is 14.7 Å². The number of rotatable bonds is 6. The van der Waals surface area contributed by atoms with Crippen LogP contribution in [0.25, 0.3) is 0 Å². The van der Waals surface area contributed by atoms with Crippen molar-refractivity contribution in [2.24, 2.45) is 0 Å². The van der Waals surface area contributed by atoms with Gasteiger partial charge in [-0.3, -0.25) is 0 Å². The van der Waals surface area contributed by atoms with E-state index in [1.807, 2.05) is 43.3 Å².